The van der Waals surface area contributed by atoms with Crippen LogP contribution in [0.25, 0.3) is 0 Å². The normalized spacial score (nSPS) is 10.3. The second-order valence-electron chi connectivity index (χ2n) is 5.24. The van der Waals surface area contributed by atoms with Crippen molar-refractivity contribution in [1.82, 2.24) is 9.97 Å². The summed E-state index contributed by atoms with van der Waals surface area (Å²) in [6, 6.07) is 11.3. The average molecular weight is 298 g/mol. The van der Waals surface area contributed by atoms with Crippen LogP contribution >= 0.6 is 0 Å². The highest BCUT2D eigenvalue weighted by molar-refractivity contribution is 6.04. The molecule has 0 saturated heterocycles. The van der Waals surface area contributed by atoms with Gasteiger partial charge in [-0.25, -0.2) is 9.97 Å². The quantitative estimate of drug-likeness (QED) is 0.822. The standard InChI is InChI=1S/C17H22N4O/c1-4-5-11-20(2)16-12-15(18-13-19-16)17(22)21(3)14-9-7-6-8-10-14/h6-10,12-13H,4-5,11H2,1-3H3. The average Bonchev–Trinajstić information content (AvgIpc) is 2.59. The SMILES string of the molecule is CCCCN(C)c1cc(C(=O)N(C)c2ccccc2)ncn1. The van der Waals surface area contributed by atoms with Crippen LogP contribution < -0.4 is 9.80 Å². The molecule has 1 aromatic heterocycles. The topological polar surface area (TPSA) is 49.3 Å². The monoisotopic (exact) mass is 298 g/mol. The van der Waals surface area contributed by atoms with Gasteiger partial charge < -0.3 is 9.80 Å². The first-order valence-electron chi connectivity index (χ1n) is 7.49. The van der Waals surface area contributed by atoms with Crippen molar-refractivity contribution >= 4 is 17.4 Å². The van der Waals surface area contributed by atoms with Crippen LogP contribution in [-0.4, -0.2) is 36.5 Å². The lowest BCUT2D eigenvalue weighted by Gasteiger charge is -2.20. The van der Waals surface area contributed by atoms with Crippen LogP contribution in [0.2, 0.25) is 0 Å². The van der Waals surface area contributed by atoms with Crippen LogP contribution in [0.1, 0.15) is 30.3 Å². The Morgan fingerprint density at radius 3 is 2.55 bits per heavy atom. The predicted octanol–water partition coefficient (Wildman–Crippen LogP) is 2.99. The molecule has 0 radical (unpaired) electrons. The number of carbonyl (C=O) groups excluding carboxylic acids is 1. The maximum absolute atomic E-state index is 12.6. The van der Waals surface area contributed by atoms with E-state index in [9.17, 15) is 4.79 Å². The molecule has 0 N–H and O–H groups in total. The fourth-order valence-corrected chi connectivity index (χ4v) is 2.12. The number of para-hydroxylation sites is 1. The molecule has 1 heterocycles. The zero-order valence-electron chi connectivity index (χ0n) is 13.4. The van der Waals surface area contributed by atoms with Crippen molar-refractivity contribution < 1.29 is 4.79 Å². The van der Waals surface area contributed by atoms with E-state index in [0.29, 0.717) is 5.69 Å². The molecular formula is C17H22N4O. The number of anilines is 2. The van der Waals surface area contributed by atoms with E-state index in [2.05, 4.69) is 16.9 Å². The summed E-state index contributed by atoms with van der Waals surface area (Å²) in [7, 11) is 3.73. The predicted molar refractivity (Wildman–Crippen MR) is 89.4 cm³/mol. The van der Waals surface area contributed by atoms with Gasteiger partial charge in [-0.3, -0.25) is 4.79 Å². The third kappa shape index (κ3) is 3.81. The summed E-state index contributed by atoms with van der Waals surface area (Å²) in [6.45, 7) is 3.06. The lowest BCUT2D eigenvalue weighted by atomic mass is 10.2. The van der Waals surface area contributed by atoms with E-state index in [1.54, 1.807) is 18.0 Å². The first kappa shape index (κ1) is 15.9. The van der Waals surface area contributed by atoms with E-state index >= 15 is 0 Å². The van der Waals surface area contributed by atoms with Gasteiger partial charge in [0.25, 0.3) is 5.91 Å². The second-order valence-corrected chi connectivity index (χ2v) is 5.24. The summed E-state index contributed by atoms with van der Waals surface area (Å²) in [5.41, 5.74) is 1.24. The molecule has 2 aromatic rings. The minimum Gasteiger partial charge on any atom is -0.360 e. The minimum absolute atomic E-state index is 0.140. The number of nitrogens with zero attached hydrogens (tertiary/aromatic N) is 4. The number of rotatable bonds is 6. The summed E-state index contributed by atoms with van der Waals surface area (Å²) in [5.74, 6) is 0.631. The Hall–Kier alpha value is -2.43. The van der Waals surface area contributed by atoms with Gasteiger partial charge in [0.2, 0.25) is 0 Å². The molecule has 5 nitrogen and oxygen atoms in total. The Balaban J connectivity index is 2.16. The Labute approximate surface area is 131 Å². The third-order valence-electron chi connectivity index (χ3n) is 3.56. The Morgan fingerprint density at radius 1 is 1.14 bits per heavy atom. The first-order valence-corrected chi connectivity index (χ1v) is 7.49. The van der Waals surface area contributed by atoms with Crippen molar-refractivity contribution in [3.63, 3.8) is 0 Å². The van der Waals surface area contributed by atoms with Crippen LogP contribution in [0, 0.1) is 0 Å². The molecule has 22 heavy (non-hydrogen) atoms. The van der Waals surface area contributed by atoms with Crippen LogP contribution in [0.15, 0.2) is 42.7 Å². The van der Waals surface area contributed by atoms with Gasteiger partial charge in [0.05, 0.1) is 0 Å². The van der Waals surface area contributed by atoms with Crippen molar-refractivity contribution in [1.29, 1.82) is 0 Å². The van der Waals surface area contributed by atoms with Crippen LogP contribution in [0.4, 0.5) is 11.5 Å². The van der Waals surface area contributed by atoms with Crippen LogP contribution in [0.3, 0.4) is 0 Å². The zero-order chi connectivity index (χ0) is 15.9. The van der Waals surface area contributed by atoms with Crippen molar-refractivity contribution in [2.75, 3.05) is 30.4 Å². The number of carbonyl (C=O) groups is 1. The maximum atomic E-state index is 12.6. The third-order valence-corrected chi connectivity index (χ3v) is 3.56. The highest BCUT2D eigenvalue weighted by Gasteiger charge is 2.16. The Bertz CT molecular complexity index is 615. The van der Waals surface area contributed by atoms with Gasteiger partial charge in [0.1, 0.15) is 17.8 Å². The molecule has 0 aliphatic rings. The first-order chi connectivity index (χ1) is 10.6. The van der Waals surface area contributed by atoms with E-state index in [1.165, 1.54) is 6.33 Å². The summed E-state index contributed by atoms with van der Waals surface area (Å²) < 4.78 is 0. The van der Waals surface area contributed by atoms with Crippen molar-refractivity contribution in [3.05, 3.63) is 48.4 Å². The highest BCUT2D eigenvalue weighted by atomic mass is 16.2. The summed E-state index contributed by atoms with van der Waals surface area (Å²) >= 11 is 0. The van der Waals surface area contributed by atoms with Crippen LogP contribution in [-0.2, 0) is 0 Å². The highest BCUT2D eigenvalue weighted by Crippen LogP contribution is 2.16. The molecule has 2 rings (SSSR count). The van der Waals surface area contributed by atoms with Gasteiger partial charge >= 0.3 is 0 Å². The molecule has 116 valence electrons. The summed E-state index contributed by atoms with van der Waals surface area (Å²) in [4.78, 5) is 24.6. The van der Waals surface area contributed by atoms with Crippen molar-refractivity contribution in [2.45, 2.75) is 19.8 Å². The number of hydrogen-bond acceptors (Lipinski definition) is 4. The number of hydrogen-bond donors (Lipinski definition) is 0. The molecule has 0 aliphatic heterocycles. The van der Waals surface area contributed by atoms with Gasteiger partial charge in [-0.05, 0) is 18.6 Å². The maximum Gasteiger partial charge on any atom is 0.276 e. The molecule has 1 amide bonds. The molecule has 0 unspecified atom stereocenters. The van der Waals surface area contributed by atoms with E-state index in [4.69, 9.17) is 0 Å². The van der Waals surface area contributed by atoms with Gasteiger partial charge in [0, 0.05) is 32.4 Å². The van der Waals surface area contributed by atoms with Gasteiger partial charge in [-0.1, -0.05) is 31.5 Å². The van der Waals surface area contributed by atoms with Gasteiger partial charge in [-0.15, -0.1) is 0 Å². The molecule has 1 aromatic carbocycles. The lowest BCUT2D eigenvalue weighted by molar-refractivity contribution is 0.0988. The van der Waals surface area contributed by atoms with Crippen molar-refractivity contribution in [3.8, 4) is 0 Å². The van der Waals surface area contributed by atoms with Crippen molar-refractivity contribution in [2.24, 2.45) is 0 Å². The fourth-order valence-electron chi connectivity index (χ4n) is 2.12. The van der Waals surface area contributed by atoms with E-state index in [0.717, 1.165) is 30.9 Å². The molecule has 0 saturated carbocycles. The minimum atomic E-state index is -0.140. The van der Waals surface area contributed by atoms with E-state index in [-0.39, 0.29) is 5.91 Å². The largest absolute Gasteiger partial charge is 0.360 e. The van der Waals surface area contributed by atoms with Gasteiger partial charge in [-0.2, -0.15) is 0 Å². The Kier molecular flexibility index (Phi) is 5.47. The Morgan fingerprint density at radius 2 is 1.86 bits per heavy atom. The van der Waals surface area contributed by atoms with Gasteiger partial charge in [0.15, 0.2) is 0 Å². The summed E-state index contributed by atoms with van der Waals surface area (Å²) in [5, 5.41) is 0. The molecule has 0 fully saturated rings. The van der Waals surface area contributed by atoms with E-state index in [1.807, 2.05) is 42.3 Å². The number of aromatic nitrogens is 2. The molecule has 5 heteroatoms. The number of unbranched alkanes of at least 4 members (excludes halogenated alkanes) is 1. The smallest absolute Gasteiger partial charge is 0.276 e. The molecule has 0 bridgehead atoms. The number of amides is 1. The van der Waals surface area contributed by atoms with E-state index < -0.39 is 0 Å². The molecule has 0 aliphatic carbocycles. The molecular weight excluding hydrogens is 276 g/mol. The zero-order valence-corrected chi connectivity index (χ0v) is 13.4. The second kappa shape index (κ2) is 7.54. The van der Waals surface area contributed by atoms with Crippen LogP contribution in [0.5, 0.6) is 0 Å². The lowest BCUT2D eigenvalue weighted by Crippen LogP contribution is -2.28. The summed E-state index contributed by atoms with van der Waals surface area (Å²) in [6.07, 6.45) is 3.66. The molecule has 0 spiro atoms. The molecule has 0 atom stereocenters. The number of benzene rings is 1. The fraction of sp³-hybridized carbons (Fsp3) is 0.353.